The molecule has 3 amide bonds. The van der Waals surface area contributed by atoms with Crippen LogP contribution >= 0.6 is 0 Å². The van der Waals surface area contributed by atoms with Crippen molar-refractivity contribution < 1.29 is 14.4 Å². The second-order valence-electron chi connectivity index (χ2n) is 7.92. The number of nitrogens with zero attached hydrogens (tertiary/aromatic N) is 2. The molecule has 1 spiro atoms. The van der Waals surface area contributed by atoms with Gasteiger partial charge in [0.05, 0.1) is 6.54 Å². The first-order chi connectivity index (χ1) is 11.5. The Bertz CT molecular complexity index is 514. The average Bonchev–Trinajstić information content (AvgIpc) is 3.12. The van der Waals surface area contributed by atoms with E-state index in [-0.39, 0.29) is 29.7 Å². The summed E-state index contributed by atoms with van der Waals surface area (Å²) < 4.78 is 0. The van der Waals surface area contributed by atoms with Crippen LogP contribution in [0.5, 0.6) is 0 Å². The molecular weight excluding hydrogens is 306 g/mol. The monoisotopic (exact) mass is 335 g/mol. The molecule has 3 fully saturated rings. The third-order valence-corrected chi connectivity index (χ3v) is 5.91. The standard InChI is InChI=1S/C18H29N3O3/c1-14(22)19-10-15-5-4-8-20(11-15)17(24)12-21-13-18(9-16(21)23)6-2-3-7-18/h15H,2-13H2,1H3,(H,19,22). The van der Waals surface area contributed by atoms with E-state index in [1.54, 1.807) is 4.90 Å². The Labute approximate surface area is 143 Å². The lowest BCUT2D eigenvalue weighted by molar-refractivity contribution is -0.139. The molecule has 24 heavy (non-hydrogen) atoms. The minimum atomic E-state index is -0.0250. The number of amides is 3. The third-order valence-electron chi connectivity index (χ3n) is 5.91. The second-order valence-corrected chi connectivity index (χ2v) is 7.92. The SMILES string of the molecule is CC(=O)NCC1CCCN(C(=O)CN2CC3(CCCC3)CC2=O)C1. The summed E-state index contributed by atoms with van der Waals surface area (Å²) >= 11 is 0. The topological polar surface area (TPSA) is 69.7 Å². The summed E-state index contributed by atoms with van der Waals surface area (Å²) in [6.45, 7) is 4.59. The van der Waals surface area contributed by atoms with Crippen molar-refractivity contribution in [1.29, 1.82) is 0 Å². The van der Waals surface area contributed by atoms with Gasteiger partial charge in [0.2, 0.25) is 17.7 Å². The van der Waals surface area contributed by atoms with Gasteiger partial charge in [0.15, 0.2) is 0 Å². The molecule has 0 aromatic rings. The maximum absolute atomic E-state index is 12.6. The summed E-state index contributed by atoms with van der Waals surface area (Å²) in [6.07, 6.45) is 7.32. The van der Waals surface area contributed by atoms with Gasteiger partial charge in [0, 0.05) is 39.5 Å². The molecule has 0 bridgehead atoms. The number of carbonyl (C=O) groups excluding carboxylic acids is 3. The van der Waals surface area contributed by atoms with Crippen molar-refractivity contribution in [3.8, 4) is 0 Å². The fourth-order valence-corrected chi connectivity index (χ4v) is 4.60. The molecule has 0 aromatic carbocycles. The van der Waals surface area contributed by atoms with E-state index in [2.05, 4.69) is 5.32 Å². The number of nitrogens with one attached hydrogen (secondary N) is 1. The smallest absolute Gasteiger partial charge is 0.242 e. The molecule has 1 atom stereocenters. The van der Waals surface area contributed by atoms with Crippen molar-refractivity contribution in [3.05, 3.63) is 0 Å². The summed E-state index contributed by atoms with van der Waals surface area (Å²) in [7, 11) is 0. The minimum Gasteiger partial charge on any atom is -0.356 e. The fraction of sp³-hybridized carbons (Fsp3) is 0.833. The maximum atomic E-state index is 12.6. The quantitative estimate of drug-likeness (QED) is 0.838. The van der Waals surface area contributed by atoms with E-state index in [9.17, 15) is 14.4 Å². The Balaban J connectivity index is 1.51. The molecule has 0 radical (unpaired) electrons. The number of rotatable bonds is 4. The first kappa shape index (κ1) is 17.2. The van der Waals surface area contributed by atoms with Crippen LogP contribution in [-0.4, -0.2) is 60.2 Å². The molecule has 3 rings (SSSR count). The molecule has 1 saturated carbocycles. The van der Waals surface area contributed by atoms with E-state index in [4.69, 9.17) is 0 Å². The summed E-state index contributed by atoms with van der Waals surface area (Å²) in [6, 6.07) is 0. The van der Waals surface area contributed by atoms with Crippen LogP contribution in [0, 0.1) is 11.3 Å². The highest BCUT2D eigenvalue weighted by molar-refractivity contribution is 5.86. The fourth-order valence-electron chi connectivity index (χ4n) is 4.60. The van der Waals surface area contributed by atoms with Gasteiger partial charge in [-0.25, -0.2) is 0 Å². The lowest BCUT2D eigenvalue weighted by Crippen LogP contribution is -2.47. The van der Waals surface area contributed by atoms with Crippen molar-refractivity contribution in [2.75, 3.05) is 32.7 Å². The molecule has 1 N–H and O–H groups in total. The van der Waals surface area contributed by atoms with Crippen molar-refractivity contribution in [2.45, 2.75) is 51.9 Å². The lowest BCUT2D eigenvalue weighted by atomic mass is 9.85. The normalized spacial score (nSPS) is 26.2. The maximum Gasteiger partial charge on any atom is 0.242 e. The van der Waals surface area contributed by atoms with Gasteiger partial charge >= 0.3 is 0 Å². The first-order valence-electron chi connectivity index (χ1n) is 9.27. The number of likely N-dealkylation sites (tertiary alicyclic amines) is 2. The summed E-state index contributed by atoms with van der Waals surface area (Å²) in [5, 5.41) is 2.85. The average molecular weight is 335 g/mol. The van der Waals surface area contributed by atoms with Crippen molar-refractivity contribution in [3.63, 3.8) is 0 Å². The van der Waals surface area contributed by atoms with Gasteiger partial charge in [-0.15, -0.1) is 0 Å². The Kier molecular flexibility index (Phi) is 5.11. The Morgan fingerprint density at radius 1 is 1.25 bits per heavy atom. The van der Waals surface area contributed by atoms with E-state index in [1.807, 2.05) is 4.90 Å². The largest absolute Gasteiger partial charge is 0.356 e. The first-order valence-corrected chi connectivity index (χ1v) is 9.27. The molecule has 134 valence electrons. The molecule has 2 heterocycles. The van der Waals surface area contributed by atoms with Gasteiger partial charge in [-0.05, 0) is 37.0 Å². The van der Waals surface area contributed by atoms with E-state index in [0.717, 1.165) is 38.8 Å². The van der Waals surface area contributed by atoms with Gasteiger partial charge in [-0.3, -0.25) is 14.4 Å². The van der Waals surface area contributed by atoms with Crippen molar-refractivity contribution in [1.82, 2.24) is 15.1 Å². The molecule has 2 saturated heterocycles. The molecule has 6 heteroatoms. The lowest BCUT2D eigenvalue weighted by Gasteiger charge is -2.34. The summed E-state index contributed by atoms with van der Waals surface area (Å²) in [4.78, 5) is 39.7. The van der Waals surface area contributed by atoms with E-state index < -0.39 is 0 Å². The zero-order valence-electron chi connectivity index (χ0n) is 14.7. The van der Waals surface area contributed by atoms with Gasteiger partial charge in [-0.2, -0.15) is 0 Å². The predicted octanol–water partition coefficient (Wildman–Crippen LogP) is 1.15. The van der Waals surface area contributed by atoms with E-state index in [1.165, 1.54) is 19.8 Å². The Morgan fingerprint density at radius 2 is 2.00 bits per heavy atom. The van der Waals surface area contributed by atoms with Gasteiger partial charge in [0.1, 0.15) is 0 Å². The Morgan fingerprint density at radius 3 is 2.71 bits per heavy atom. The molecule has 2 aliphatic heterocycles. The third kappa shape index (κ3) is 3.90. The van der Waals surface area contributed by atoms with Crippen LogP contribution in [-0.2, 0) is 14.4 Å². The number of carbonyl (C=O) groups is 3. The Hall–Kier alpha value is -1.59. The molecule has 0 aromatic heterocycles. The molecule has 1 unspecified atom stereocenters. The second kappa shape index (κ2) is 7.11. The van der Waals surface area contributed by atoms with Crippen LogP contribution in [0.25, 0.3) is 0 Å². The van der Waals surface area contributed by atoms with Crippen molar-refractivity contribution >= 4 is 17.7 Å². The van der Waals surface area contributed by atoms with Crippen molar-refractivity contribution in [2.24, 2.45) is 11.3 Å². The predicted molar refractivity (Wildman–Crippen MR) is 90.1 cm³/mol. The zero-order valence-corrected chi connectivity index (χ0v) is 14.7. The number of hydrogen-bond acceptors (Lipinski definition) is 3. The van der Waals surface area contributed by atoms with Gasteiger partial charge < -0.3 is 15.1 Å². The van der Waals surface area contributed by atoms with Crippen LogP contribution in [0.15, 0.2) is 0 Å². The van der Waals surface area contributed by atoms with Gasteiger partial charge in [-0.1, -0.05) is 12.8 Å². The summed E-state index contributed by atoms with van der Waals surface area (Å²) in [5.74, 6) is 0.507. The van der Waals surface area contributed by atoms with Crippen LogP contribution in [0.2, 0.25) is 0 Å². The molecule has 3 aliphatic rings. The van der Waals surface area contributed by atoms with Crippen LogP contribution in [0.3, 0.4) is 0 Å². The summed E-state index contributed by atoms with van der Waals surface area (Å²) in [5.41, 5.74) is 0.160. The highest BCUT2D eigenvalue weighted by atomic mass is 16.2. The van der Waals surface area contributed by atoms with Crippen LogP contribution in [0.1, 0.15) is 51.9 Å². The number of piperidine rings is 1. The zero-order chi connectivity index (χ0) is 17.2. The highest BCUT2D eigenvalue weighted by Gasteiger charge is 2.45. The highest BCUT2D eigenvalue weighted by Crippen LogP contribution is 2.45. The van der Waals surface area contributed by atoms with Crippen LogP contribution < -0.4 is 5.32 Å². The molecule has 6 nitrogen and oxygen atoms in total. The van der Waals surface area contributed by atoms with Crippen LogP contribution in [0.4, 0.5) is 0 Å². The molecule has 1 aliphatic carbocycles. The molecular formula is C18H29N3O3. The van der Waals surface area contributed by atoms with E-state index in [0.29, 0.717) is 25.4 Å². The number of hydrogen-bond donors (Lipinski definition) is 1. The van der Waals surface area contributed by atoms with E-state index >= 15 is 0 Å². The minimum absolute atomic E-state index is 0.0250. The van der Waals surface area contributed by atoms with Gasteiger partial charge in [0.25, 0.3) is 0 Å².